The lowest BCUT2D eigenvalue weighted by Gasteiger charge is -2.25. The van der Waals surface area contributed by atoms with E-state index in [9.17, 15) is 4.39 Å². The van der Waals surface area contributed by atoms with Gasteiger partial charge in [0.1, 0.15) is 5.82 Å². The zero-order valence-electron chi connectivity index (χ0n) is 11.3. The molecule has 0 unspecified atom stereocenters. The van der Waals surface area contributed by atoms with Gasteiger partial charge in [-0.25, -0.2) is 9.37 Å². The Kier molecular flexibility index (Phi) is 4.16. The maximum atomic E-state index is 12.8. The normalized spacial score (nSPS) is 15.3. The van der Waals surface area contributed by atoms with E-state index in [1.807, 2.05) is 0 Å². The number of thiazole rings is 1. The Labute approximate surface area is 122 Å². The predicted octanol–water partition coefficient (Wildman–Crippen LogP) is 3.88. The fourth-order valence-electron chi connectivity index (χ4n) is 2.37. The molecular formula is C15H18FN3S. The molecule has 3 nitrogen and oxygen atoms in total. The third kappa shape index (κ3) is 3.28. The first-order valence-corrected chi connectivity index (χ1v) is 7.88. The quantitative estimate of drug-likeness (QED) is 0.926. The minimum Gasteiger partial charge on any atom is -0.379 e. The molecule has 1 aromatic heterocycles. The fraction of sp³-hybridized carbons (Fsp3) is 0.400. The number of aromatic nitrogens is 1. The molecular weight excluding hydrogens is 273 g/mol. The summed E-state index contributed by atoms with van der Waals surface area (Å²) in [7, 11) is 0. The van der Waals surface area contributed by atoms with E-state index in [1.54, 1.807) is 23.5 Å². The summed E-state index contributed by atoms with van der Waals surface area (Å²) in [6.45, 7) is 2.92. The molecule has 1 N–H and O–H groups in total. The van der Waals surface area contributed by atoms with Crippen LogP contribution in [0.1, 0.15) is 25.0 Å². The van der Waals surface area contributed by atoms with Crippen LogP contribution in [0.3, 0.4) is 0 Å². The number of nitrogens with zero attached hydrogens (tertiary/aromatic N) is 2. The van der Waals surface area contributed by atoms with E-state index < -0.39 is 0 Å². The number of halogens is 1. The highest BCUT2D eigenvalue weighted by Crippen LogP contribution is 2.24. The smallest absolute Gasteiger partial charge is 0.185 e. The lowest BCUT2D eigenvalue weighted by molar-refractivity contribution is 0.576. The number of anilines is 2. The van der Waals surface area contributed by atoms with Gasteiger partial charge in [0.15, 0.2) is 5.13 Å². The molecule has 0 saturated carbocycles. The van der Waals surface area contributed by atoms with E-state index in [-0.39, 0.29) is 5.82 Å². The van der Waals surface area contributed by atoms with E-state index in [1.165, 1.54) is 31.4 Å². The van der Waals surface area contributed by atoms with Crippen LogP contribution < -0.4 is 10.2 Å². The van der Waals surface area contributed by atoms with Crippen LogP contribution in [0.5, 0.6) is 0 Å². The molecule has 0 amide bonds. The van der Waals surface area contributed by atoms with Gasteiger partial charge in [0.25, 0.3) is 0 Å². The van der Waals surface area contributed by atoms with Crippen molar-refractivity contribution in [2.24, 2.45) is 0 Å². The Morgan fingerprint density at radius 2 is 1.90 bits per heavy atom. The van der Waals surface area contributed by atoms with E-state index in [4.69, 9.17) is 0 Å². The molecule has 0 spiro atoms. The summed E-state index contributed by atoms with van der Waals surface area (Å²) in [6.07, 6.45) is 3.87. The molecule has 0 bridgehead atoms. The molecule has 106 valence electrons. The highest BCUT2D eigenvalue weighted by atomic mass is 32.1. The predicted molar refractivity (Wildman–Crippen MR) is 81.9 cm³/mol. The molecule has 5 heteroatoms. The van der Waals surface area contributed by atoms with Crippen molar-refractivity contribution in [2.75, 3.05) is 23.3 Å². The lowest BCUT2D eigenvalue weighted by atomic mass is 10.1. The van der Waals surface area contributed by atoms with Gasteiger partial charge in [0.05, 0.1) is 12.2 Å². The molecule has 2 aromatic rings. The van der Waals surface area contributed by atoms with Crippen LogP contribution in [0, 0.1) is 5.82 Å². The van der Waals surface area contributed by atoms with Crippen molar-refractivity contribution in [3.05, 3.63) is 41.2 Å². The average molecular weight is 291 g/mol. The Morgan fingerprint density at radius 3 is 2.65 bits per heavy atom. The number of nitrogens with one attached hydrogen (secondary N) is 1. The van der Waals surface area contributed by atoms with Gasteiger partial charge in [-0.1, -0.05) is 0 Å². The summed E-state index contributed by atoms with van der Waals surface area (Å²) < 4.78 is 12.8. The van der Waals surface area contributed by atoms with Gasteiger partial charge in [-0.2, -0.15) is 0 Å². The third-order valence-electron chi connectivity index (χ3n) is 3.48. The van der Waals surface area contributed by atoms with Crippen LogP contribution in [0.2, 0.25) is 0 Å². The first kappa shape index (κ1) is 13.4. The molecule has 2 heterocycles. The largest absolute Gasteiger partial charge is 0.379 e. The molecule has 1 fully saturated rings. The highest BCUT2D eigenvalue weighted by molar-refractivity contribution is 7.13. The van der Waals surface area contributed by atoms with Crippen molar-refractivity contribution >= 4 is 22.2 Å². The second kappa shape index (κ2) is 6.22. The molecule has 3 rings (SSSR count). The first-order chi connectivity index (χ1) is 9.81. The summed E-state index contributed by atoms with van der Waals surface area (Å²) in [5.41, 5.74) is 1.96. The zero-order valence-corrected chi connectivity index (χ0v) is 12.1. The summed E-state index contributed by atoms with van der Waals surface area (Å²) in [5.74, 6) is -0.211. The Morgan fingerprint density at radius 1 is 1.15 bits per heavy atom. The van der Waals surface area contributed by atoms with Gasteiger partial charge in [-0.15, -0.1) is 11.3 Å². The van der Waals surface area contributed by atoms with Crippen molar-refractivity contribution in [1.29, 1.82) is 0 Å². The third-order valence-corrected chi connectivity index (χ3v) is 4.43. The van der Waals surface area contributed by atoms with Crippen molar-refractivity contribution in [3.63, 3.8) is 0 Å². The lowest BCUT2D eigenvalue weighted by Crippen LogP contribution is -2.29. The molecule has 1 aliphatic heterocycles. The topological polar surface area (TPSA) is 28.2 Å². The summed E-state index contributed by atoms with van der Waals surface area (Å²) in [4.78, 5) is 7.05. The zero-order chi connectivity index (χ0) is 13.8. The second-order valence-corrected chi connectivity index (χ2v) is 5.87. The first-order valence-electron chi connectivity index (χ1n) is 7.00. The average Bonchev–Trinajstić information content (AvgIpc) is 2.97. The van der Waals surface area contributed by atoms with Gasteiger partial charge in [0.2, 0.25) is 0 Å². The van der Waals surface area contributed by atoms with E-state index in [0.29, 0.717) is 6.54 Å². The Hall–Kier alpha value is -1.62. The molecule has 1 saturated heterocycles. The van der Waals surface area contributed by atoms with Crippen LogP contribution in [-0.2, 0) is 6.54 Å². The molecule has 0 radical (unpaired) electrons. The van der Waals surface area contributed by atoms with Crippen LogP contribution in [0.25, 0.3) is 0 Å². The van der Waals surface area contributed by atoms with Gasteiger partial charge in [-0.3, -0.25) is 0 Å². The molecule has 20 heavy (non-hydrogen) atoms. The van der Waals surface area contributed by atoms with Crippen molar-refractivity contribution in [2.45, 2.75) is 25.8 Å². The van der Waals surface area contributed by atoms with Crippen LogP contribution >= 0.6 is 11.3 Å². The Bertz CT molecular complexity index is 547. The standard InChI is InChI=1S/C15H18FN3S/c16-12-4-6-13(7-5-12)17-10-14-11-20-15(18-14)19-8-2-1-3-9-19/h4-7,11,17H,1-3,8-10H2. The van der Waals surface area contributed by atoms with Crippen molar-refractivity contribution in [3.8, 4) is 0 Å². The Balaban J connectivity index is 1.58. The van der Waals surface area contributed by atoms with Gasteiger partial charge in [-0.05, 0) is 43.5 Å². The van der Waals surface area contributed by atoms with Gasteiger partial charge < -0.3 is 10.2 Å². The van der Waals surface area contributed by atoms with Crippen LogP contribution in [-0.4, -0.2) is 18.1 Å². The van der Waals surface area contributed by atoms with Crippen molar-refractivity contribution < 1.29 is 4.39 Å². The number of benzene rings is 1. The number of piperidine rings is 1. The summed E-state index contributed by atoms with van der Waals surface area (Å²) in [5, 5.41) is 6.49. The van der Waals surface area contributed by atoms with Crippen molar-refractivity contribution in [1.82, 2.24) is 4.98 Å². The van der Waals surface area contributed by atoms with Gasteiger partial charge in [0, 0.05) is 24.2 Å². The number of rotatable bonds is 4. The van der Waals surface area contributed by atoms with Crippen LogP contribution in [0.4, 0.5) is 15.2 Å². The second-order valence-electron chi connectivity index (χ2n) is 5.03. The van der Waals surface area contributed by atoms with Crippen LogP contribution in [0.15, 0.2) is 29.6 Å². The molecule has 0 aliphatic carbocycles. The monoisotopic (exact) mass is 291 g/mol. The van der Waals surface area contributed by atoms with E-state index >= 15 is 0 Å². The summed E-state index contributed by atoms with van der Waals surface area (Å²) >= 11 is 1.71. The van der Waals surface area contributed by atoms with E-state index in [2.05, 4.69) is 20.6 Å². The SMILES string of the molecule is Fc1ccc(NCc2csc(N3CCCCC3)n2)cc1. The summed E-state index contributed by atoms with van der Waals surface area (Å²) in [6, 6.07) is 6.41. The fourth-order valence-corrected chi connectivity index (χ4v) is 3.25. The minimum atomic E-state index is -0.211. The van der Waals surface area contributed by atoms with E-state index in [0.717, 1.165) is 29.6 Å². The molecule has 1 aromatic carbocycles. The highest BCUT2D eigenvalue weighted by Gasteiger charge is 2.14. The maximum absolute atomic E-state index is 12.8. The molecule has 0 atom stereocenters. The number of hydrogen-bond donors (Lipinski definition) is 1. The minimum absolute atomic E-state index is 0.211. The number of hydrogen-bond acceptors (Lipinski definition) is 4. The maximum Gasteiger partial charge on any atom is 0.185 e. The van der Waals surface area contributed by atoms with Gasteiger partial charge >= 0.3 is 0 Å². The molecule has 1 aliphatic rings.